The Labute approximate surface area is 161 Å². The average molecular weight is 380 g/mol. The number of hydrogen-bond acceptors (Lipinski definition) is 4. The van der Waals surface area contributed by atoms with E-state index in [-0.39, 0.29) is 5.75 Å². The lowest BCUT2D eigenvalue weighted by atomic mass is 10.1. The van der Waals surface area contributed by atoms with E-state index in [1.165, 1.54) is 0 Å². The van der Waals surface area contributed by atoms with E-state index in [0.29, 0.717) is 11.4 Å². The van der Waals surface area contributed by atoms with E-state index < -0.39 is 0 Å². The zero-order valence-electron chi connectivity index (χ0n) is 15.1. The zero-order valence-corrected chi connectivity index (χ0v) is 16.0. The van der Waals surface area contributed by atoms with Crippen molar-refractivity contribution in [3.05, 3.63) is 59.0 Å². The molecule has 0 aliphatic rings. The topological polar surface area (TPSA) is 68.0 Å². The lowest BCUT2D eigenvalue weighted by Crippen LogP contribution is -2.03. The van der Waals surface area contributed by atoms with Gasteiger partial charge in [-0.1, -0.05) is 6.07 Å². The molecule has 6 nitrogen and oxygen atoms in total. The molecule has 0 amide bonds. The molecule has 0 aliphatic heterocycles. The number of nitrogens with zero attached hydrogens (tertiary/aromatic N) is 3. The Morgan fingerprint density at radius 3 is 2.85 bits per heavy atom. The van der Waals surface area contributed by atoms with Crippen LogP contribution < -0.4 is 0 Å². The molecule has 0 saturated heterocycles. The van der Waals surface area contributed by atoms with E-state index in [1.807, 2.05) is 29.7 Å². The highest BCUT2D eigenvalue weighted by molar-refractivity contribution is 7.71. The number of aromatic hydroxyl groups is 1. The monoisotopic (exact) mass is 380 g/mol. The van der Waals surface area contributed by atoms with Crippen molar-refractivity contribution in [3.8, 4) is 22.8 Å². The summed E-state index contributed by atoms with van der Waals surface area (Å²) in [4.78, 5) is 0. The zero-order chi connectivity index (χ0) is 19.0. The number of methoxy groups -OCH3 is 1. The molecule has 0 atom stereocenters. The molecule has 2 N–H and O–H groups in total. The van der Waals surface area contributed by atoms with Crippen LogP contribution in [0, 0.1) is 11.7 Å². The molecule has 138 valence electrons. The molecule has 0 unspecified atom stereocenters. The second-order valence-electron chi connectivity index (χ2n) is 6.40. The van der Waals surface area contributed by atoms with Crippen molar-refractivity contribution in [1.29, 1.82) is 0 Å². The van der Waals surface area contributed by atoms with E-state index in [0.717, 1.165) is 40.1 Å². The van der Waals surface area contributed by atoms with Gasteiger partial charge in [-0.15, -0.1) is 0 Å². The number of phenolic OH excluding ortho intramolecular Hbond substituents is 1. The number of fused-ring (bicyclic) bond motifs is 1. The van der Waals surface area contributed by atoms with Crippen molar-refractivity contribution >= 4 is 23.1 Å². The summed E-state index contributed by atoms with van der Waals surface area (Å²) in [6.07, 6.45) is 2.06. The highest BCUT2D eigenvalue weighted by atomic mass is 32.1. The van der Waals surface area contributed by atoms with Gasteiger partial charge in [0.25, 0.3) is 0 Å². The van der Waals surface area contributed by atoms with Gasteiger partial charge in [0.15, 0.2) is 10.6 Å². The van der Waals surface area contributed by atoms with Crippen LogP contribution in [0.3, 0.4) is 0 Å². The largest absolute Gasteiger partial charge is 0.508 e. The minimum Gasteiger partial charge on any atom is -0.508 e. The van der Waals surface area contributed by atoms with Gasteiger partial charge in [-0.2, -0.15) is 5.10 Å². The van der Waals surface area contributed by atoms with Crippen LogP contribution in [-0.4, -0.2) is 38.2 Å². The van der Waals surface area contributed by atoms with Crippen LogP contribution in [0.15, 0.2) is 48.7 Å². The molecule has 0 radical (unpaired) electrons. The quantitative estimate of drug-likeness (QED) is 0.509. The molecule has 2 aromatic heterocycles. The van der Waals surface area contributed by atoms with E-state index in [1.54, 1.807) is 19.2 Å². The maximum absolute atomic E-state index is 9.72. The summed E-state index contributed by atoms with van der Waals surface area (Å²) in [5.74, 6) is 0.948. The van der Waals surface area contributed by atoms with Crippen LogP contribution in [0.2, 0.25) is 0 Å². The van der Waals surface area contributed by atoms with E-state index in [9.17, 15) is 5.11 Å². The average Bonchev–Trinajstić information content (AvgIpc) is 3.23. The Kier molecular flexibility index (Phi) is 4.55. The normalized spacial score (nSPS) is 11.3. The van der Waals surface area contributed by atoms with Crippen LogP contribution in [0.4, 0.5) is 0 Å². The van der Waals surface area contributed by atoms with Crippen LogP contribution >= 0.6 is 12.2 Å². The summed E-state index contributed by atoms with van der Waals surface area (Å²) >= 11 is 5.53. The number of aryl methyl sites for hydroxylation is 1. The summed E-state index contributed by atoms with van der Waals surface area (Å²) in [5, 5.41) is 18.2. The van der Waals surface area contributed by atoms with Crippen LogP contribution in [0.25, 0.3) is 28.0 Å². The number of hydrogen-bond donors (Lipinski definition) is 2. The van der Waals surface area contributed by atoms with Crippen LogP contribution in [0.5, 0.6) is 5.75 Å². The third-order valence-electron chi connectivity index (χ3n) is 4.69. The third-order valence-corrected chi connectivity index (χ3v) is 4.96. The molecule has 0 spiro atoms. The minimum atomic E-state index is 0.231. The van der Waals surface area contributed by atoms with Crippen LogP contribution in [-0.2, 0) is 11.3 Å². The van der Waals surface area contributed by atoms with Gasteiger partial charge in [-0.05, 0) is 61.1 Å². The Morgan fingerprint density at radius 2 is 2.07 bits per heavy atom. The Balaban J connectivity index is 1.91. The summed E-state index contributed by atoms with van der Waals surface area (Å²) in [6, 6.07) is 13.5. The summed E-state index contributed by atoms with van der Waals surface area (Å²) in [7, 11) is 1.70. The maximum Gasteiger partial charge on any atom is 0.200 e. The molecule has 2 heterocycles. The number of ether oxygens (including phenoxy) is 1. The summed E-state index contributed by atoms with van der Waals surface area (Å²) < 4.78 is 9.84. The number of phenols is 1. The first kappa shape index (κ1) is 17.5. The Hall–Kier alpha value is -2.90. The van der Waals surface area contributed by atoms with Gasteiger partial charge in [0.2, 0.25) is 0 Å². The lowest BCUT2D eigenvalue weighted by molar-refractivity contribution is 0.188. The second-order valence-corrected chi connectivity index (χ2v) is 6.79. The molecule has 4 rings (SSSR count). The van der Waals surface area contributed by atoms with E-state index >= 15 is 0 Å². The molecule has 2 aromatic carbocycles. The van der Waals surface area contributed by atoms with Crippen molar-refractivity contribution in [1.82, 2.24) is 19.3 Å². The van der Waals surface area contributed by atoms with Gasteiger partial charge in [0.05, 0.1) is 17.8 Å². The number of H-pyrrole nitrogens is 1. The van der Waals surface area contributed by atoms with Crippen LogP contribution in [0.1, 0.15) is 5.56 Å². The number of rotatable bonds is 5. The predicted octanol–water partition coefficient (Wildman–Crippen LogP) is 4.21. The van der Waals surface area contributed by atoms with Gasteiger partial charge in [-0.3, -0.25) is 9.67 Å². The summed E-state index contributed by atoms with van der Waals surface area (Å²) in [5.41, 5.74) is 3.91. The molecule has 0 aliphatic carbocycles. The van der Waals surface area contributed by atoms with Crippen molar-refractivity contribution in [2.75, 3.05) is 13.7 Å². The van der Waals surface area contributed by atoms with Gasteiger partial charge < -0.3 is 14.4 Å². The molecule has 0 saturated carbocycles. The molecule has 7 heteroatoms. The fourth-order valence-corrected chi connectivity index (χ4v) is 3.62. The standard InChI is InChI=1S/C20H20N4O2S/c1-13-12-14(25)6-7-15(13)19-21-22-20(27)24(19)18-5-3-4-17-16(18)8-9-23(17)10-11-26-2/h3-9,12,25H,10-11H2,1-2H3,(H,22,27). The lowest BCUT2D eigenvalue weighted by Gasteiger charge is -2.11. The fourth-order valence-electron chi connectivity index (χ4n) is 3.39. The highest BCUT2D eigenvalue weighted by Crippen LogP contribution is 2.30. The SMILES string of the molecule is COCCn1ccc2c(-n3c(-c4ccc(O)cc4C)n[nH]c3=S)cccc21. The smallest absolute Gasteiger partial charge is 0.200 e. The number of aromatic amines is 1. The summed E-state index contributed by atoms with van der Waals surface area (Å²) in [6.45, 7) is 3.38. The maximum atomic E-state index is 9.72. The van der Waals surface area contributed by atoms with E-state index in [2.05, 4.69) is 33.1 Å². The van der Waals surface area contributed by atoms with Gasteiger partial charge in [0.1, 0.15) is 5.75 Å². The second kappa shape index (κ2) is 7.02. The molecular weight excluding hydrogens is 360 g/mol. The fraction of sp³-hybridized carbons (Fsp3) is 0.200. The van der Waals surface area contributed by atoms with Gasteiger partial charge in [-0.25, -0.2) is 0 Å². The van der Waals surface area contributed by atoms with Crippen molar-refractivity contribution < 1.29 is 9.84 Å². The first-order valence-electron chi connectivity index (χ1n) is 8.64. The Bertz CT molecular complexity index is 1170. The Morgan fingerprint density at radius 1 is 1.22 bits per heavy atom. The number of aromatic nitrogens is 4. The number of benzene rings is 2. The highest BCUT2D eigenvalue weighted by Gasteiger charge is 2.16. The molecule has 4 aromatic rings. The third kappa shape index (κ3) is 3.05. The van der Waals surface area contributed by atoms with Crippen molar-refractivity contribution in [3.63, 3.8) is 0 Å². The van der Waals surface area contributed by atoms with Gasteiger partial charge >= 0.3 is 0 Å². The first-order chi connectivity index (χ1) is 13.1. The van der Waals surface area contributed by atoms with Crippen molar-refractivity contribution in [2.24, 2.45) is 0 Å². The van der Waals surface area contributed by atoms with E-state index in [4.69, 9.17) is 17.0 Å². The molecular formula is C20H20N4O2S. The molecule has 27 heavy (non-hydrogen) atoms. The predicted molar refractivity (Wildman–Crippen MR) is 108 cm³/mol. The van der Waals surface area contributed by atoms with Gasteiger partial charge in [0, 0.05) is 30.8 Å². The molecule has 0 bridgehead atoms. The number of nitrogens with one attached hydrogen (secondary N) is 1. The first-order valence-corrected chi connectivity index (χ1v) is 9.05. The minimum absolute atomic E-state index is 0.231. The van der Waals surface area contributed by atoms with Crippen molar-refractivity contribution in [2.45, 2.75) is 13.5 Å². The molecule has 0 fully saturated rings.